The molecule has 0 spiro atoms. The van der Waals surface area contributed by atoms with Crippen molar-refractivity contribution in [3.8, 4) is 0 Å². The Kier molecular flexibility index (Phi) is 3.23. The summed E-state index contributed by atoms with van der Waals surface area (Å²) in [7, 11) is 0. The van der Waals surface area contributed by atoms with Crippen LogP contribution in [-0.2, 0) is 11.2 Å². The zero-order valence-electron chi connectivity index (χ0n) is 11.2. The Morgan fingerprint density at radius 1 is 1.17 bits per heavy atom. The predicted molar refractivity (Wildman–Crippen MR) is 73.6 cm³/mol. The van der Waals surface area contributed by atoms with Crippen molar-refractivity contribution >= 4 is 5.78 Å². The van der Waals surface area contributed by atoms with E-state index in [1.807, 2.05) is 0 Å². The SMILES string of the molecule is CC1C(=O)CCC1CC1CCCc2ccccc21. The van der Waals surface area contributed by atoms with Gasteiger partial charge in [-0.25, -0.2) is 0 Å². The van der Waals surface area contributed by atoms with Crippen molar-refractivity contribution in [3.63, 3.8) is 0 Å². The number of benzene rings is 1. The number of rotatable bonds is 2. The van der Waals surface area contributed by atoms with Crippen molar-refractivity contribution < 1.29 is 4.79 Å². The van der Waals surface area contributed by atoms with E-state index in [1.165, 1.54) is 25.7 Å². The Hall–Kier alpha value is -1.11. The highest BCUT2D eigenvalue weighted by molar-refractivity contribution is 5.82. The lowest BCUT2D eigenvalue weighted by Gasteiger charge is -2.28. The molecule has 0 saturated heterocycles. The number of fused-ring (bicyclic) bond motifs is 1. The third-order valence-electron chi connectivity index (χ3n) is 5.06. The van der Waals surface area contributed by atoms with Crippen molar-refractivity contribution in [3.05, 3.63) is 35.4 Å². The Bertz CT molecular complexity index is 449. The maximum absolute atomic E-state index is 11.7. The third kappa shape index (κ3) is 2.11. The summed E-state index contributed by atoms with van der Waals surface area (Å²) in [6.45, 7) is 2.13. The number of ketones is 1. The molecule has 0 heterocycles. The standard InChI is InChI=1S/C17H22O/c1-12-14(9-10-17(12)18)11-15-7-4-6-13-5-2-3-8-16(13)15/h2-3,5,8,12,14-15H,4,6-7,9-11H2,1H3. The fourth-order valence-electron chi connectivity index (χ4n) is 3.86. The monoisotopic (exact) mass is 242 g/mol. The quantitative estimate of drug-likeness (QED) is 0.762. The Balaban J connectivity index is 1.77. The van der Waals surface area contributed by atoms with Crippen molar-refractivity contribution in [2.75, 3.05) is 0 Å². The molecule has 96 valence electrons. The molecule has 18 heavy (non-hydrogen) atoms. The topological polar surface area (TPSA) is 17.1 Å². The molecule has 3 unspecified atom stereocenters. The van der Waals surface area contributed by atoms with Crippen molar-refractivity contribution in [1.29, 1.82) is 0 Å². The summed E-state index contributed by atoms with van der Waals surface area (Å²) in [6, 6.07) is 8.91. The molecule has 0 amide bonds. The van der Waals surface area contributed by atoms with Gasteiger partial charge in [0.15, 0.2) is 0 Å². The minimum atomic E-state index is 0.305. The molecule has 0 radical (unpaired) electrons. The minimum absolute atomic E-state index is 0.305. The number of aryl methyl sites for hydroxylation is 1. The van der Waals surface area contributed by atoms with Crippen LogP contribution in [-0.4, -0.2) is 5.78 Å². The van der Waals surface area contributed by atoms with E-state index < -0.39 is 0 Å². The first-order valence-corrected chi connectivity index (χ1v) is 7.36. The molecule has 1 aromatic rings. The molecule has 2 aliphatic carbocycles. The van der Waals surface area contributed by atoms with Crippen LogP contribution in [0.1, 0.15) is 56.1 Å². The van der Waals surface area contributed by atoms with Crippen LogP contribution < -0.4 is 0 Å². The van der Waals surface area contributed by atoms with Crippen molar-refractivity contribution in [2.24, 2.45) is 11.8 Å². The van der Waals surface area contributed by atoms with Crippen LogP contribution in [0.15, 0.2) is 24.3 Å². The molecule has 1 aromatic carbocycles. The van der Waals surface area contributed by atoms with Gasteiger partial charge in [-0.15, -0.1) is 0 Å². The number of Topliss-reactive ketones (excluding diaryl/α,β-unsaturated/α-hetero) is 1. The molecular weight excluding hydrogens is 220 g/mol. The zero-order valence-corrected chi connectivity index (χ0v) is 11.2. The summed E-state index contributed by atoms with van der Waals surface area (Å²) in [5.74, 6) is 2.13. The van der Waals surface area contributed by atoms with Crippen LogP contribution in [0, 0.1) is 11.8 Å². The molecule has 2 aliphatic rings. The van der Waals surface area contributed by atoms with Crippen LogP contribution in [0.25, 0.3) is 0 Å². The summed E-state index contributed by atoms with van der Waals surface area (Å²) in [5.41, 5.74) is 3.11. The van der Waals surface area contributed by atoms with Crippen molar-refractivity contribution in [1.82, 2.24) is 0 Å². The first-order valence-electron chi connectivity index (χ1n) is 7.36. The van der Waals surface area contributed by atoms with Gasteiger partial charge in [0.2, 0.25) is 0 Å². The number of hydrogen-bond donors (Lipinski definition) is 0. The fourth-order valence-corrected chi connectivity index (χ4v) is 3.86. The second-order valence-electron chi connectivity index (χ2n) is 6.08. The third-order valence-corrected chi connectivity index (χ3v) is 5.06. The highest BCUT2D eigenvalue weighted by Crippen LogP contribution is 2.41. The van der Waals surface area contributed by atoms with Crippen LogP contribution in [0.4, 0.5) is 0 Å². The zero-order chi connectivity index (χ0) is 12.5. The van der Waals surface area contributed by atoms with E-state index in [-0.39, 0.29) is 0 Å². The van der Waals surface area contributed by atoms with E-state index in [0.717, 1.165) is 12.8 Å². The summed E-state index contributed by atoms with van der Waals surface area (Å²) in [5, 5.41) is 0. The van der Waals surface area contributed by atoms with Crippen LogP contribution in [0.2, 0.25) is 0 Å². The molecule has 0 bridgehead atoms. The number of hydrogen-bond acceptors (Lipinski definition) is 1. The molecule has 1 fully saturated rings. The molecule has 3 rings (SSSR count). The second kappa shape index (κ2) is 4.87. The summed E-state index contributed by atoms with van der Waals surface area (Å²) >= 11 is 0. The van der Waals surface area contributed by atoms with Gasteiger partial charge in [-0.2, -0.15) is 0 Å². The van der Waals surface area contributed by atoms with Gasteiger partial charge in [0.25, 0.3) is 0 Å². The molecular formula is C17H22O. The van der Waals surface area contributed by atoms with Gasteiger partial charge in [-0.05, 0) is 55.1 Å². The maximum atomic E-state index is 11.7. The van der Waals surface area contributed by atoms with E-state index in [2.05, 4.69) is 31.2 Å². The first kappa shape index (κ1) is 12.0. The lowest BCUT2D eigenvalue weighted by molar-refractivity contribution is -0.120. The maximum Gasteiger partial charge on any atom is 0.135 e. The summed E-state index contributed by atoms with van der Waals surface area (Å²) in [4.78, 5) is 11.7. The molecule has 0 aromatic heterocycles. The van der Waals surface area contributed by atoms with Gasteiger partial charge >= 0.3 is 0 Å². The summed E-state index contributed by atoms with van der Waals surface area (Å²) in [6.07, 6.45) is 7.04. The molecule has 0 N–H and O–H groups in total. The Labute approximate surface area is 110 Å². The van der Waals surface area contributed by atoms with Gasteiger partial charge in [0, 0.05) is 12.3 Å². The largest absolute Gasteiger partial charge is 0.299 e. The van der Waals surface area contributed by atoms with Crippen LogP contribution >= 0.6 is 0 Å². The fraction of sp³-hybridized carbons (Fsp3) is 0.588. The van der Waals surface area contributed by atoms with E-state index in [1.54, 1.807) is 11.1 Å². The molecule has 1 heteroatoms. The number of carbonyl (C=O) groups excluding carboxylic acids is 1. The van der Waals surface area contributed by atoms with Gasteiger partial charge in [-0.3, -0.25) is 4.79 Å². The smallest absolute Gasteiger partial charge is 0.135 e. The van der Waals surface area contributed by atoms with Gasteiger partial charge in [0.1, 0.15) is 5.78 Å². The van der Waals surface area contributed by atoms with E-state index in [4.69, 9.17) is 0 Å². The lowest BCUT2D eigenvalue weighted by Crippen LogP contribution is -2.17. The average molecular weight is 242 g/mol. The van der Waals surface area contributed by atoms with Gasteiger partial charge in [0.05, 0.1) is 0 Å². The summed E-state index contributed by atoms with van der Waals surface area (Å²) < 4.78 is 0. The lowest BCUT2D eigenvalue weighted by atomic mass is 9.76. The molecule has 3 atom stereocenters. The van der Waals surface area contributed by atoms with Crippen LogP contribution in [0.5, 0.6) is 0 Å². The molecule has 0 aliphatic heterocycles. The molecule has 1 nitrogen and oxygen atoms in total. The minimum Gasteiger partial charge on any atom is -0.299 e. The molecule has 1 saturated carbocycles. The first-order chi connectivity index (χ1) is 8.75. The Morgan fingerprint density at radius 3 is 2.78 bits per heavy atom. The highest BCUT2D eigenvalue weighted by atomic mass is 16.1. The normalized spacial score (nSPS) is 31.4. The van der Waals surface area contributed by atoms with Gasteiger partial charge in [-0.1, -0.05) is 31.2 Å². The highest BCUT2D eigenvalue weighted by Gasteiger charge is 2.33. The van der Waals surface area contributed by atoms with E-state index in [0.29, 0.717) is 23.5 Å². The average Bonchev–Trinajstić information content (AvgIpc) is 2.71. The predicted octanol–water partition coefficient (Wildman–Crippen LogP) is 4.11. The Morgan fingerprint density at radius 2 is 2.00 bits per heavy atom. The van der Waals surface area contributed by atoms with Gasteiger partial charge < -0.3 is 0 Å². The van der Waals surface area contributed by atoms with E-state index >= 15 is 0 Å². The van der Waals surface area contributed by atoms with E-state index in [9.17, 15) is 4.79 Å². The number of carbonyl (C=O) groups is 1. The van der Waals surface area contributed by atoms with Crippen LogP contribution in [0.3, 0.4) is 0 Å². The van der Waals surface area contributed by atoms with Crippen molar-refractivity contribution in [2.45, 2.75) is 51.4 Å². The second-order valence-corrected chi connectivity index (χ2v) is 6.08.